The lowest BCUT2D eigenvalue weighted by molar-refractivity contribution is -0.117. The van der Waals surface area contributed by atoms with Gasteiger partial charge in [-0.3, -0.25) is 4.79 Å². The van der Waals surface area contributed by atoms with Gasteiger partial charge in [-0.05, 0) is 30.5 Å². The van der Waals surface area contributed by atoms with E-state index in [0.29, 0.717) is 11.3 Å². The summed E-state index contributed by atoms with van der Waals surface area (Å²) in [6.45, 7) is -1.58. The third-order valence-electron chi connectivity index (χ3n) is 3.60. The summed E-state index contributed by atoms with van der Waals surface area (Å²) in [6, 6.07) is 8.13. The van der Waals surface area contributed by atoms with Crippen LogP contribution in [0, 0.1) is 0 Å². The standard InChI is InChI=1S/C17H15F2N3O4S3/c1-10(22-29(24,25)14-7-4-8-27-14)15(23)21-17-20-12(9-28-17)11-5-2-3-6-13(11)26-16(18)19/h2-10,16,22H,1H3,(H,20,21,23). The summed E-state index contributed by atoms with van der Waals surface area (Å²) in [5.74, 6) is -0.647. The molecule has 0 aliphatic carbocycles. The zero-order valence-corrected chi connectivity index (χ0v) is 17.3. The molecule has 154 valence electrons. The number of nitrogens with one attached hydrogen (secondary N) is 2. The van der Waals surface area contributed by atoms with Crippen LogP contribution in [0.2, 0.25) is 0 Å². The summed E-state index contributed by atoms with van der Waals surface area (Å²) in [6.07, 6.45) is 0. The molecule has 0 saturated heterocycles. The Morgan fingerprint density at radius 2 is 1.93 bits per heavy atom. The Balaban J connectivity index is 1.70. The molecular weight excluding hydrogens is 444 g/mol. The van der Waals surface area contributed by atoms with Crippen molar-refractivity contribution in [3.63, 3.8) is 0 Å². The number of benzene rings is 1. The average molecular weight is 460 g/mol. The number of anilines is 1. The topological polar surface area (TPSA) is 97.4 Å². The Morgan fingerprint density at radius 3 is 2.62 bits per heavy atom. The van der Waals surface area contributed by atoms with Crippen molar-refractivity contribution in [1.82, 2.24) is 9.71 Å². The first kappa shape index (κ1) is 21.3. The molecule has 0 aliphatic heterocycles. The number of alkyl halides is 2. The highest BCUT2D eigenvalue weighted by Gasteiger charge is 2.23. The third-order valence-corrected chi connectivity index (χ3v) is 7.29. The summed E-state index contributed by atoms with van der Waals surface area (Å²) in [5, 5.41) is 5.90. The maximum atomic E-state index is 12.6. The molecule has 2 heterocycles. The SMILES string of the molecule is CC(NS(=O)(=O)c1cccs1)C(=O)Nc1nc(-c2ccccc2OC(F)F)cs1. The maximum absolute atomic E-state index is 12.6. The summed E-state index contributed by atoms with van der Waals surface area (Å²) in [4.78, 5) is 16.5. The first-order valence-electron chi connectivity index (χ1n) is 8.12. The molecule has 3 rings (SSSR count). The molecule has 0 fully saturated rings. The predicted molar refractivity (Wildman–Crippen MR) is 107 cm³/mol. The number of nitrogens with zero attached hydrogens (tertiary/aromatic N) is 1. The van der Waals surface area contributed by atoms with Gasteiger partial charge in [0.1, 0.15) is 9.96 Å². The van der Waals surface area contributed by atoms with Crippen LogP contribution in [0.15, 0.2) is 51.4 Å². The number of rotatable bonds is 8. The van der Waals surface area contributed by atoms with Gasteiger partial charge < -0.3 is 10.1 Å². The molecule has 0 bridgehead atoms. The second kappa shape index (κ2) is 8.95. The fourth-order valence-electron chi connectivity index (χ4n) is 2.31. The molecule has 1 amide bonds. The number of amides is 1. The summed E-state index contributed by atoms with van der Waals surface area (Å²) < 4.78 is 56.4. The van der Waals surface area contributed by atoms with Crippen molar-refractivity contribution in [1.29, 1.82) is 0 Å². The van der Waals surface area contributed by atoms with Crippen molar-refractivity contribution in [2.24, 2.45) is 0 Å². The largest absolute Gasteiger partial charge is 0.434 e. The number of carbonyl (C=O) groups is 1. The van der Waals surface area contributed by atoms with Gasteiger partial charge in [-0.25, -0.2) is 13.4 Å². The van der Waals surface area contributed by atoms with E-state index < -0.39 is 28.6 Å². The van der Waals surface area contributed by atoms with Gasteiger partial charge in [0.25, 0.3) is 10.0 Å². The molecule has 0 aliphatic rings. The normalized spacial score (nSPS) is 12.7. The molecule has 0 radical (unpaired) electrons. The van der Waals surface area contributed by atoms with Gasteiger partial charge in [0.2, 0.25) is 5.91 Å². The predicted octanol–water partition coefficient (Wildman–Crippen LogP) is 3.78. The van der Waals surface area contributed by atoms with Gasteiger partial charge in [0.15, 0.2) is 5.13 Å². The Hall–Kier alpha value is -2.41. The van der Waals surface area contributed by atoms with E-state index in [1.165, 1.54) is 19.1 Å². The molecule has 12 heteroatoms. The van der Waals surface area contributed by atoms with E-state index in [1.807, 2.05) is 0 Å². The Labute approximate surface area is 173 Å². The molecule has 3 aromatic rings. The highest BCUT2D eigenvalue weighted by atomic mass is 32.2. The minimum Gasteiger partial charge on any atom is -0.434 e. The van der Waals surface area contributed by atoms with Crippen LogP contribution in [-0.4, -0.2) is 32.0 Å². The van der Waals surface area contributed by atoms with Crippen LogP contribution in [0.4, 0.5) is 13.9 Å². The van der Waals surface area contributed by atoms with Gasteiger partial charge >= 0.3 is 6.61 Å². The van der Waals surface area contributed by atoms with Crippen molar-refractivity contribution in [3.8, 4) is 17.0 Å². The maximum Gasteiger partial charge on any atom is 0.387 e. The Kier molecular flexibility index (Phi) is 6.57. The smallest absolute Gasteiger partial charge is 0.387 e. The van der Waals surface area contributed by atoms with Crippen LogP contribution in [0.1, 0.15) is 6.92 Å². The highest BCUT2D eigenvalue weighted by molar-refractivity contribution is 7.91. The molecule has 2 N–H and O–H groups in total. The van der Waals surface area contributed by atoms with Crippen LogP contribution in [0.5, 0.6) is 5.75 Å². The van der Waals surface area contributed by atoms with Crippen molar-refractivity contribution >= 4 is 43.7 Å². The van der Waals surface area contributed by atoms with E-state index in [9.17, 15) is 22.0 Å². The number of aromatic nitrogens is 1. The van der Waals surface area contributed by atoms with E-state index in [4.69, 9.17) is 0 Å². The molecule has 1 aromatic carbocycles. The number of hydrogen-bond donors (Lipinski definition) is 2. The molecule has 0 spiro atoms. The summed E-state index contributed by atoms with van der Waals surface area (Å²) in [7, 11) is -3.81. The van der Waals surface area contributed by atoms with Crippen molar-refractivity contribution in [2.45, 2.75) is 23.8 Å². The van der Waals surface area contributed by atoms with E-state index in [1.54, 1.807) is 35.0 Å². The van der Waals surface area contributed by atoms with Crippen LogP contribution in [0.25, 0.3) is 11.3 Å². The minimum absolute atomic E-state index is 0.0391. The zero-order chi connectivity index (χ0) is 21.0. The fraction of sp³-hybridized carbons (Fsp3) is 0.176. The minimum atomic E-state index is -3.81. The van der Waals surface area contributed by atoms with Crippen molar-refractivity contribution < 1.29 is 26.7 Å². The number of thiophene rings is 1. The quantitative estimate of drug-likeness (QED) is 0.534. The van der Waals surface area contributed by atoms with Crippen molar-refractivity contribution in [2.75, 3.05) is 5.32 Å². The molecule has 0 saturated carbocycles. The van der Waals surface area contributed by atoms with Crippen LogP contribution in [-0.2, 0) is 14.8 Å². The zero-order valence-electron chi connectivity index (χ0n) is 14.8. The lowest BCUT2D eigenvalue weighted by Crippen LogP contribution is -2.41. The number of para-hydroxylation sites is 1. The third kappa shape index (κ3) is 5.35. The van der Waals surface area contributed by atoms with Gasteiger partial charge in [0, 0.05) is 10.9 Å². The second-order valence-electron chi connectivity index (χ2n) is 5.68. The Bertz CT molecular complexity index is 1090. The van der Waals surface area contributed by atoms with Gasteiger partial charge in [-0.2, -0.15) is 13.5 Å². The second-order valence-corrected chi connectivity index (χ2v) is 9.42. The van der Waals surface area contributed by atoms with Gasteiger partial charge in [0.05, 0.1) is 11.7 Å². The lowest BCUT2D eigenvalue weighted by atomic mass is 10.1. The highest BCUT2D eigenvalue weighted by Crippen LogP contribution is 2.33. The number of sulfonamides is 1. The molecule has 2 aromatic heterocycles. The number of carbonyl (C=O) groups excluding carboxylic acids is 1. The lowest BCUT2D eigenvalue weighted by Gasteiger charge is -2.12. The van der Waals surface area contributed by atoms with E-state index in [0.717, 1.165) is 22.7 Å². The number of ether oxygens (including phenoxy) is 1. The summed E-state index contributed by atoms with van der Waals surface area (Å²) in [5.41, 5.74) is 0.685. The molecule has 1 unspecified atom stereocenters. The van der Waals surface area contributed by atoms with Crippen molar-refractivity contribution in [3.05, 3.63) is 47.2 Å². The molecule has 29 heavy (non-hydrogen) atoms. The summed E-state index contributed by atoms with van der Waals surface area (Å²) >= 11 is 2.11. The first-order valence-corrected chi connectivity index (χ1v) is 11.4. The average Bonchev–Trinajstić information content (AvgIpc) is 3.33. The molecule has 7 nitrogen and oxygen atoms in total. The monoisotopic (exact) mass is 459 g/mol. The fourth-order valence-corrected chi connectivity index (χ4v) is 5.23. The van der Waals surface area contributed by atoms with Gasteiger partial charge in [-0.1, -0.05) is 18.2 Å². The number of hydrogen-bond acceptors (Lipinski definition) is 7. The number of halogens is 2. The molecule has 1 atom stereocenters. The van der Waals surface area contributed by atoms with E-state index in [-0.39, 0.29) is 15.1 Å². The first-order chi connectivity index (χ1) is 13.8. The molecular formula is C17H15F2N3O4S3. The van der Waals surface area contributed by atoms with E-state index >= 15 is 0 Å². The van der Waals surface area contributed by atoms with E-state index in [2.05, 4.69) is 19.8 Å². The van der Waals surface area contributed by atoms with Gasteiger partial charge in [-0.15, -0.1) is 22.7 Å². The van der Waals surface area contributed by atoms with Crippen LogP contribution in [0.3, 0.4) is 0 Å². The Morgan fingerprint density at radius 1 is 1.17 bits per heavy atom. The van der Waals surface area contributed by atoms with Crippen LogP contribution >= 0.6 is 22.7 Å². The van der Waals surface area contributed by atoms with Crippen LogP contribution < -0.4 is 14.8 Å². The number of thiazole rings is 1.